The number of nitrogens with two attached hydrogens (primary N) is 1. The molecule has 104 valence electrons. The topological polar surface area (TPSA) is 88.8 Å². The molecule has 0 bridgehead atoms. The number of aromatic amines is 1. The zero-order valence-corrected chi connectivity index (χ0v) is 12.5. The van der Waals surface area contributed by atoms with E-state index in [1.165, 1.54) is 11.8 Å². The van der Waals surface area contributed by atoms with Crippen LogP contribution in [-0.4, -0.2) is 35.1 Å². The number of imidazole rings is 1. The minimum atomic E-state index is -2.99. The molecule has 0 fully saturated rings. The summed E-state index contributed by atoms with van der Waals surface area (Å²) in [6.07, 6.45) is 0. The maximum absolute atomic E-state index is 11.7. The minimum absolute atomic E-state index is 0.161. The highest BCUT2D eigenvalue weighted by Gasteiger charge is 2.16. The van der Waals surface area contributed by atoms with Gasteiger partial charge < -0.3 is 10.7 Å². The van der Waals surface area contributed by atoms with E-state index in [-0.39, 0.29) is 11.0 Å². The molecule has 7 heteroatoms. The highest BCUT2D eigenvalue weighted by molar-refractivity contribution is 8.00. The number of hydrogen-bond donors (Lipinski definition) is 2. The Morgan fingerprint density at radius 3 is 2.84 bits per heavy atom. The maximum atomic E-state index is 11.7. The van der Waals surface area contributed by atoms with Crippen LogP contribution in [0.25, 0.3) is 11.0 Å². The lowest BCUT2D eigenvalue weighted by Crippen LogP contribution is -2.18. The lowest BCUT2D eigenvalue weighted by molar-refractivity contribution is 0.589. The third kappa shape index (κ3) is 3.42. The summed E-state index contributed by atoms with van der Waals surface area (Å²) in [5.74, 6) is 0.657. The number of hydrogen-bond acceptors (Lipinski definition) is 5. The van der Waals surface area contributed by atoms with Crippen LogP contribution in [0.3, 0.4) is 0 Å². The summed E-state index contributed by atoms with van der Waals surface area (Å²) in [5, 5.41) is 0.392. The Balaban J connectivity index is 2.03. The molecule has 0 amide bonds. The van der Waals surface area contributed by atoms with Crippen molar-refractivity contribution in [2.75, 3.05) is 17.2 Å². The van der Waals surface area contributed by atoms with E-state index in [0.717, 1.165) is 16.2 Å². The summed E-state index contributed by atoms with van der Waals surface area (Å²) in [6, 6.07) is 5.45. The first-order valence-electron chi connectivity index (χ1n) is 5.98. The number of nitrogen functional groups attached to an aromatic ring is 1. The van der Waals surface area contributed by atoms with E-state index in [9.17, 15) is 8.42 Å². The summed E-state index contributed by atoms with van der Waals surface area (Å²) >= 11 is 1.41. The molecule has 0 aliphatic carbocycles. The Labute approximate surface area is 116 Å². The molecule has 0 saturated heterocycles. The van der Waals surface area contributed by atoms with E-state index in [1.807, 2.05) is 12.1 Å². The Bertz CT molecular complexity index is 677. The third-order valence-electron chi connectivity index (χ3n) is 2.81. The van der Waals surface area contributed by atoms with Gasteiger partial charge in [-0.3, -0.25) is 0 Å². The molecular weight excluding hydrogens is 282 g/mol. The third-order valence-corrected chi connectivity index (χ3v) is 6.15. The van der Waals surface area contributed by atoms with Crippen molar-refractivity contribution < 1.29 is 8.42 Å². The second-order valence-electron chi connectivity index (χ2n) is 4.58. The van der Waals surface area contributed by atoms with E-state index >= 15 is 0 Å². The normalized spacial score (nSPS) is 12.4. The van der Waals surface area contributed by atoms with Crippen molar-refractivity contribution in [3.05, 3.63) is 18.2 Å². The Hall–Kier alpha value is -1.21. The molecule has 0 saturated carbocycles. The van der Waals surface area contributed by atoms with Crippen molar-refractivity contribution in [3.63, 3.8) is 0 Å². The van der Waals surface area contributed by atoms with Crippen molar-refractivity contribution in [1.29, 1.82) is 0 Å². The van der Waals surface area contributed by atoms with Crippen LogP contribution in [0, 0.1) is 0 Å². The predicted octanol–water partition coefficient (Wildman–Crippen LogP) is 2.06. The second kappa shape index (κ2) is 5.42. The number of fused-ring (bicyclic) bond motifs is 1. The van der Waals surface area contributed by atoms with Gasteiger partial charge >= 0.3 is 0 Å². The largest absolute Gasteiger partial charge is 0.399 e. The molecule has 1 heterocycles. The minimum Gasteiger partial charge on any atom is -0.399 e. The van der Waals surface area contributed by atoms with Crippen LogP contribution >= 0.6 is 11.8 Å². The molecule has 0 atom stereocenters. The lowest BCUT2D eigenvalue weighted by atomic mass is 10.3. The molecule has 2 rings (SSSR count). The van der Waals surface area contributed by atoms with Gasteiger partial charge in [0.2, 0.25) is 0 Å². The van der Waals surface area contributed by atoms with Crippen molar-refractivity contribution >= 4 is 38.3 Å². The van der Waals surface area contributed by atoms with Crippen LogP contribution in [0.15, 0.2) is 23.4 Å². The van der Waals surface area contributed by atoms with Gasteiger partial charge in [-0.2, -0.15) is 0 Å². The van der Waals surface area contributed by atoms with Crippen LogP contribution in [0.5, 0.6) is 0 Å². The quantitative estimate of drug-likeness (QED) is 0.651. The van der Waals surface area contributed by atoms with Crippen LogP contribution in [0.4, 0.5) is 5.69 Å². The first-order valence-corrected chi connectivity index (χ1v) is 8.68. The molecule has 0 radical (unpaired) electrons. The molecular formula is C12H17N3O2S2. The van der Waals surface area contributed by atoms with Crippen LogP contribution in [-0.2, 0) is 9.84 Å². The highest BCUT2D eigenvalue weighted by Crippen LogP contribution is 2.21. The van der Waals surface area contributed by atoms with E-state index < -0.39 is 9.84 Å². The van der Waals surface area contributed by atoms with Crippen LogP contribution < -0.4 is 5.73 Å². The number of anilines is 1. The number of nitrogens with zero attached hydrogens (tertiary/aromatic N) is 1. The molecule has 0 unspecified atom stereocenters. The van der Waals surface area contributed by atoms with E-state index in [2.05, 4.69) is 9.97 Å². The van der Waals surface area contributed by atoms with Gasteiger partial charge in [-0.1, -0.05) is 11.8 Å². The van der Waals surface area contributed by atoms with Gasteiger partial charge in [-0.15, -0.1) is 0 Å². The Morgan fingerprint density at radius 2 is 2.16 bits per heavy atom. The number of sulfone groups is 1. The number of H-pyrrole nitrogens is 1. The van der Waals surface area contributed by atoms with Gasteiger partial charge in [0.15, 0.2) is 15.0 Å². The summed E-state index contributed by atoms with van der Waals surface area (Å²) in [7, 11) is -2.99. The zero-order valence-electron chi connectivity index (χ0n) is 10.9. The number of rotatable bonds is 5. The number of benzene rings is 1. The fourth-order valence-corrected chi connectivity index (χ4v) is 3.83. The van der Waals surface area contributed by atoms with Gasteiger partial charge in [-0.25, -0.2) is 13.4 Å². The first kappa shape index (κ1) is 14.2. The Morgan fingerprint density at radius 1 is 1.42 bits per heavy atom. The van der Waals surface area contributed by atoms with Crippen LogP contribution in [0.1, 0.15) is 13.8 Å². The summed E-state index contributed by atoms with van der Waals surface area (Å²) < 4.78 is 23.4. The first-order chi connectivity index (χ1) is 8.88. The average molecular weight is 299 g/mol. The van der Waals surface area contributed by atoms with Gasteiger partial charge in [0, 0.05) is 11.4 Å². The second-order valence-corrected chi connectivity index (χ2v) is 8.34. The summed E-state index contributed by atoms with van der Waals surface area (Å²) in [4.78, 5) is 7.50. The van der Waals surface area contributed by atoms with Gasteiger partial charge in [0.1, 0.15) is 0 Å². The fourth-order valence-electron chi connectivity index (χ4n) is 1.56. The summed E-state index contributed by atoms with van der Waals surface area (Å²) in [5.41, 5.74) is 8.07. The molecule has 5 nitrogen and oxygen atoms in total. The van der Waals surface area contributed by atoms with Crippen LogP contribution in [0.2, 0.25) is 0 Å². The number of thioether (sulfide) groups is 1. The SMILES string of the molecule is CC(C)S(=O)(=O)CCSc1nc2ccc(N)cc2[nH]1. The van der Waals surface area contributed by atoms with Gasteiger partial charge in [0.05, 0.1) is 22.0 Å². The van der Waals surface area contributed by atoms with E-state index in [1.54, 1.807) is 19.9 Å². The highest BCUT2D eigenvalue weighted by atomic mass is 32.2. The van der Waals surface area contributed by atoms with Crippen molar-refractivity contribution in [2.45, 2.75) is 24.3 Å². The standard InChI is InChI=1S/C12H17N3O2S2/c1-8(2)19(16,17)6-5-18-12-14-10-4-3-9(13)7-11(10)15-12/h3-4,7-8H,5-6,13H2,1-2H3,(H,14,15). The lowest BCUT2D eigenvalue weighted by Gasteiger charge is -2.05. The van der Waals surface area contributed by atoms with Crippen molar-refractivity contribution in [3.8, 4) is 0 Å². The average Bonchev–Trinajstić information content (AvgIpc) is 2.70. The molecule has 2 aromatic rings. The number of aromatic nitrogens is 2. The predicted molar refractivity (Wildman–Crippen MR) is 80.2 cm³/mol. The zero-order chi connectivity index (χ0) is 14.0. The smallest absolute Gasteiger partial charge is 0.166 e. The molecule has 0 aliphatic rings. The molecule has 1 aromatic carbocycles. The molecule has 0 aliphatic heterocycles. The molecule has 1 aromatic heterocycles. The summed E-state index contributed by atoms with van der Waals surface area (Å²) in [6.45, 7) is 3.40. The van der Waals surface area contributed by atoms with E-state index in [4.69, 9.17) is 5.73 Å². The van der Waals surface area contributed by atoms with Crippen molar-refractivity contribution in [2.24, 2.45) is 0 Å². The van der Waals surface area contributed by atoms with E-state index in [0.29, 0.717) is 11.4 Å². The maximum Gasteiger partial charge on any atom is 0.166 e. The monoisotopic (exact) mass is 299 g/mol. The molecule has 0 spiro atoms. The van der Waals surface area contributed by atoms with Crippen molar-refractivity contribution in [1.82, 2.24) is 9.97 Å². The van der Waals surface area contributed by atoms with Gasteiger partial charge in [-0.05, 0) is 32.0 Å². The van der Waals surface area contributed by atoms with Gasteiger partial charge in [0.25, 0.3) is 0 Å². The Kier molecular flexibility index (Phi) is 4.05. The molecule has 3 N–H and O–H groups in total. The fraction of sp³-hybridized carbons (Fsp3) is 0.417. The number of nitrogens with one attached hydrogen (secondary N) is 1. The molecule has 19 heavy (non-hydrogen) atoms.